The summed E-state index contributed by atoms with van der Waals surface area (Å²) in [4.78, 5) is 49.7. The van der Waals surface area contributed by atoms with E-state index in [4.69, 9.17) is 32.8 Å². The van der Waals surface area contributed by atoms with Gasteiger partial charge in [-0.15, -0.1) is 0 Å². The first kappa shape index (κ1) is 46.7. The number of nitrogens with two attached hydrogens (primary N) is 2. The van der Waals surface area contributed by atoms with Crippen LogP contribution in [0.3, 0.4) is 0 Å². The fraction of sp³-hybridized carbons (Fsp3) is 0.395. The lowest BCUT2D eigenvalue weighted by Crippen LogP contribution is -2.38. The molecule has 1 atom stereocenters. The molecule has 1 aliphatic heterocycles. The smallest absolute Gasteiger partial charge is 0.405 e. The molecule has 0 radical (unpaired) electrons. The number of rotatable bonds is 8. The normalized spacial score (nSPS) is 13.5. The Balaban J connectivity index is 0.000000536. The monoisotopic (exact) mass is 788 g/mol. The van der Waals surface area contributed by atoms with E-state index in [2.05, 4.69) is 51.5 Å². The molecule has 3 amide bonds. The number of fused-ring (bicyclic) bond motifs is 1. The highest BCUT2D eigenvalue weighted by atomic mass is 35.5. The number of amides is 3. The summed E-state index contributed by atoms with van der Waals surface area (Å²) in [6.07, 6.45) is 5.89. The van der Waals surface area contributed by atoms with Crippen LogP contribution in [0.15, 0.2) is 84.4 Å². The van der Waals surface area contributed by atoms with Crippen LogP contribution in [0.25, 0.3) is 0 Å². The highest BCUT2D eigenvalue weighted by molar-refractivity contribution is 6.32. The minimum atomic E-state index is -0.725. The molecular formula is C43H57ClN6O6. The maximum Gasteiger partial charge on any atom is 0.405 e. The number of hydrogen-bond acceptors (Lipinski definition) is 9. The fourth-order valence-electron chi connectivity index (χ4n) is 5.68. The number of primary amides is 2. The molecule has 0 aliphatic carbocycles. The number of aromatic nitrogens is 2. The van der Waals surface area contributed by atoms with Gasteiger partial charge in [-0.25, -0.2) is 19.6 Å². The van der Waals surface area contributed by atoms with Crippen molar-refractivity contribution in [2.24, 2.45) is 16.5 Å². The Hall–Kier alpha value is -5.49. The van der Waals surface area contributed by atoms with Gasteiger partial charge in [0, 0.05) is 35.0 Å². The maximum absolute atomic E-state index is 14.3. The van der Waals surface area contributed by atoms with Crippen molar-refractivity contribution in [3.05, 3.63) is 118 Å². The number of carbonyl (C=O) groups excluding carboxylic acids is 3. The molecule has 0 bridgehead atoms. The molecule has 302 valence electrons. The van der Waals surface area contributed by atoms with E-state index < -0.39 is 29.4 Å². The van der Waals surface area contributed by atoms with Crippen LogP contribution < -0.4 is 21.1 Å². The van der Waals surface area contributed by atoms with Crippen LogP contribution in [-0.4, -0.2) is 58.1 Å². The summed E-state index contributed by atoms with van der Waals surface area (Å²) in [6.45, 7) is 15.3. The summed E-state index contributed by atoms with van der Waals surface area (Å²) in [5.74, 6) is 0.696. The molecule has 0 saturated carbocycles. The summed E-state index contributed by atoms with van der Waals surface area (Å²) in [6, 6.07) is 19.2. The van der Waals surface area contributed by atoms with Crippen molar-refractivity contribution in [3.8, 4) is 5.75 Å². The Morgan fingerprint density at radius 1 is 0.804 bits per heavy atom. The Labute approximate surface area is 336 Å². The van der Waals surface area contributed by atoms with Crippen LogP contribution >= 0.6 is 11.6 Å². The van der Waals surface area contributed by atoms with Gasteiger partial charge in [-0.2, -0.15) is 0 Å². The summed E-state index contributed by atoms with van der Waals surface area (Å²) < 4.78 is 14.5. The second-order valence-corrected chi connectivity index (χ2v) is 15.1. The molecule has 1 aromatic heterocycles. The quantitative estimate of drug-likeness (QED) is 0.179. The van der Waals surface area contributed by atoms with E-state index in [0.717, 1.165) is 46.5 Å². The third-order valence-corrected chi connectivity index (χ3v) is 8.18. The summed E-state index contributed by atoms with van der Waals surface area (Å²) in [5, 5.41) is 0.566. The molecule has 12 nitrogen and oxygen atoms in total. The zero-order valence-corrected chi connectivity index (χ0v) is 33.9. The van der Waals surface area contributed by atoms with Gasteiger partial charge in [-0.1, -0.05) is 63.2 Å². The van der Waals surface area contributed by atoms with Gasteiger partial charge < -0.3 is 30.6 Å². The van der Waals surface area contributed by atoms with E-state index >= 15 is 0 Å². The molecule has 2 heterocycles. The fourth-order valence-corrected chi connectivity index (χ4v) is 5.85. The van der Waals surface area contributed by atoms with Gasteiger partial charge in [0.2, 0.25) is 0 Å². The van der Waals surface area contributed by atoms with Crippen molar-refractivity contribution in [2.75, 3.05) is 12.0 Å². The molecule has 5 rings (SSSR count). The lowest BCUT2D eigenvalue weighted by Gasteiger charge is -2.26. The lowest BCUT2D eigenvalue weighted by atomic mass is 9.96. The van der Waals surface area contributed by atoms with E-state index in [-0.39, 0.29) is 13.3 Å². The van der Waals surface area contributed by atoms with Crippen molar-refractivity contribution in [2.45, 2.75) is 106 Å². The van der Waals surface area contributed by atoms with Gasteiger partial charge in [-0.3, -0.25) is 9.79 Å². The number of anilines is 1. The number of ether oxygens (including phenoxy) is 3. The standard InChI is InChI=1S/C32H31ClN4O2.2C5H11NO2.CH4/c1-4-23-9-6-22(14-24(23)5-2)15-29-32(38)37(19-21-7-11-27(39-3)12-8-21)30-13-10-26(33)16-28(30)31(36-29)25-17-34-20-35-18-25;2*1-5(2,3)8-4(6)7;/h6-14,16-18,20,29H,4-5,15,19H2,1-3H3;2*1-3H3,(H2,6,7);1H4. The van der Waals surface area contributed by atoms with E-state index in [1.807, 2.05) is 47.4 Å². The minimum absolute atomic E-state index is 0. The first-order chi connectivity index (χ1) is 25.8. The van der Waals surface area contributed by atoms with Crippen LogP contribution in [0.1, 0.15) is 96.2 Å². The zero-order valence-electron chi connectivity index (χ0n) is 33.2. The molecule has 1 aliphatic rings. The number of halogens is 1. The number of benzodiazepines with no additional fused rings is 1. The molecule has 4 aromatic rings. The van der Waals surface area contributed by atoms with E-state index in [0.29, 0.717) is 23.7 Å². The molecule has 0 fully saturated rings. The molecule has 0 saturated heterocycles. The van der Waals surface area contributed by atoms with Crippen molar-refractivity contribution >= 4 is 41.1 Å². The predicted molar refractivity (Wildman–Crippen MR) is 224 cm³/mol. The molecule has 1 unspecified atom stereocenters. The molecule has 56 heavy (non-hydrogen) atoms. The van der Waals surface area contributed by atoms with Gasteiger partial charge in [0.05, 0.1) is 25.1 Å². The number of aryl methyl sites for hydroxylation is 2. The van der Waals surface area contributed by atoms with Gasteiger partial charge >= 0.3 is 12.2 Å². The van der Waals surface area contributed by atoms with Crippen molar-refractivity contribution < 1.29 is 28.6 Å². The lowest BCUT2D eigenvalue weighted by molar-refractivity contribution is -0.119. The summed E-state index contributed by atoms with van der Waals surface area (Å²) in [5.41, 5.74) is 16.2. The Kier molecular flexibility index (Phi) is 17.5. The van der Waals surface area contributed by atoms with Crippen LogP contribution in [-0.2, 0) is 40.1 Å². The molecule has 13 heteroatoms. The van der Waals surface area contributed by atoms with Crippen LogP contribution in [0.4, 0.5) is 15.3 Å². The number of aliphatic imine (C=N–C) groups is 1. The second-order valence-electron chi connectivity index (χ2n) is 14.6. The molecule has 0 spiro atoms. The van der Waals surface area contributed by atoms with Crippen LogP contribution in [0.2, 0.25) is 5.02 Å². The Bertz CT molecular complexity index is 1910. The second kappa shape index (κ2) is 21.0. The molecular weight excluding hydrogens is 732 g/mol. The highest BCUT2D eigenvalue weighted by Crippen LogP contribution is 2.33. The SMILES string of the molecule is C.CC(C)(C)OC(N)=O.CC(C)(C)OC(N)=O.CCc1ccc(CC2N=C(c3cncnc3)c3cc(Cl)ccc3N(Cc3ccc(OC)cc3)C2=O)cc1CC. The first-order valence-electron chi connectivity index (χ1n) is 18.0. The largest absolute Gasteiger partial charge is 0.497 e. The third kappa shape index (κ3) is 14.6. The summed E-state index contributed by atoms with van der Waals surface area (Å²) >= 11 is 6.48. The van der Waals surface area contributed by atoms with Gasteiger partial charge in [0.25, 0.3) is 5.91 Å². The number of benzene rings is 3. The Morgan fingerprint density at radius 3 is 1.84 bits per heavy atom. The Morgan fingerprint density at radius 2 is 1.36 bits per heavy atom. The van der Waals surface area contributed by atoms with Crippen molar-refractivity contribution in [3.63, 3.8) is 0 Å². The molecule has 4 N–H and O–H groups in total. The average Bonchev–Trinajstić information content (AvgIpc) is 3.21. The average molecular weight is 789 g/mol. The minimum Gasteiger partial charge on any atom is -0.497 e. The van der Waals surface area contributed by atoms with Crippen LogP contribution in [0.5, 0.6) is 5.75 Å². The highest BCUT2D eigenvalue weighted by Gasteiger charge is 2.33. The van der Waals surface area contributed by atoms with E-state index in [1.165, 1.54) is 17.5 Å². The molecule has 3 aromatic carbocycles. The predicted octanol–water partition coefficient (Wildman–Crippen LogP) is 8.66. The zero-order chi connectivity index (χ0) is 40.9. The van der Waals surface area contributed by atoms with Gasteiger partial charge in [-0.05, 0) is 107 Å². The number of methoxy groups -OCH3 is 1. The first-order valence-corrected chi connectivity index (χ1v) is 18.4. The number of carbonyl (C=O) groups is 3. The van der Waals surface area contributed by atoms with E-state index in [9.17, 15) is 14.4 Å². The topological polar surface area (TPSA) is 172 Å². The number of hydrogen-bond donors (Lipinski definition) is 2. The summed E-state index contributed by atoms with van der Waals surface area (Å²) in [7, 11) is 1.64. The third-order valence-electron chi connectivity index (χ3n) is 7.95. The van der Waals surface area contributed by atoms with Crippen molar-refractivity contribution in [1.29, 1.82) is 0 Å². The van der Waals surface area contributed by atoms with Crippen molar-refractivity contribution in [1.82, 2.24) is 9.97 Å². The van der Waals surface area contributed by atoms with Gasteiger partial charge in [0.1, 0.15) is 29.3 Å². The number of nitrogens with zero attached hydrogens (tertiary/aromatic N) is 4. The van der Waals surface area contributed by atoms with Gasteiger partial charge in [0.15, 0.2) is 0 Å². The van der Waals surface area contributed by atoms with E-state index in [1.54, 1.807) is 61.0 Å². The van der Waals surface area contributed by atoms with Crippen LogP contribution in [0, 0.1) is 0 Å². The maximum atomic E-state index is 14.3.